The molecule has 2 amide bonds. The molecule has 3 aromatic rings. The summed E-state index contributed by atoms with van der Waals surface area (Å²) in [7, 11) is 1.43. The van der Waals surface area contributed by atoms with E-state index in [1.807, 2.05) is 0 Å². The minimum atomic E-state index is -1.13. The molecule has 0 aliphatic carbocycles. The van der Waals surface area contributed by atoms with Crippen LogP contribution in [-0.2, 0) is 11.8 Å². The van der Waals surface area contributed by atoms with Crippen molar-refractivity contribution in [1.82, 2.24) is 9.88 Å². The molecule has 0 saturated carbocycles. The highest BCUT2D eigenvalue weighted by Crippen LogP contribution is 2.38. The van der Waals surface area contributed by atoms with Gasteiger partial charge in [0.25, 0.3) is 5.56 Å². The molecular formula is C20H17F2N3O5S. The summed E-state index contributed by atoms with van der Waals surface area (Å²) >= 11 is 0.981. The number of nitrogens with zero attached hydrogens (tertiary/aromatic N) is 2. The highest BCUT2D eigenvalue weighted by atomic mass is 32.1. The predicted molar refractivity (Wildman–Crippen MR) is 111 cm³/mol. The van der Waals surface area contributed by atoms with E-state index in [4.69, 9.17) is 5.11 Å². The zero-order valence-electron chi connectivity index (χ0n) is 16.1. The van der Waals surface area contributed by atoms with Crippen LogP contribution < -0.4 is 15.8 Å². The van der Waals surface area contributed by atoms with Crippen molar-refractivity contribution in [3.63, 3.8) is 0 Å². The molecule has 0 aliphatic heterocycles. The van der Waals surface area contributed by atoms with E-state index < -0.39 is 34.9 Å². The summed E-state index contributed by atoms with van der Waals surface area (Å²) in [5.74, 6) is -3.15. The van der Waals surface area contributed by atoms with Gasteiger partial charge in [-0.15, -0.1) is 11.3 Å². The smallest absolute Gasteiger partial charge is 0.327 e. The number of pyridine rings is 1. The second-order valence-electron chi connectivity index (χ2n) is 6.47. The number of halogens is 2. The van der Waals surface area contributed by atoms with E-state index in [0.29, 0.717) is 5.56 Å². The number of aromatic nitrogens is 1. The Hall–Kier alpha value is -3.73. The van der Waals surface area contributed by atoms with Gasteiger partial charge in [0.2, 0.25) is 0 Å². The quantitative estimate of drug-likeness (QED) is 0.534. The highest BCUT2D eigenvalue weighted by molar-refractivity contribution is 7.14. The molecule has 0 unspecified atom stereocenters. The largest absolute Gasteiger partial charge is 0.505 e. The molecule has 0 spiro atoms. The molecule has 2 aromatic heterocycles. The molecular weight excluding hydrogens is 432 g/mol. The normalized spacial score (nSPS) is 10.7. The summed E-state index contributed by atoms with van der Waals surface area (Å²) in [5.41, 5.74) is -0.629. The molecule has 2 heterocycles. The summed E-state index contributed by atoms with van der Waals surface area (Å²) in [6.07, 6.45) is 0.963. The number of rotatable bonds is 6. The molecule has 3 N–H and O–H groups in total. The molecule has 0 radical (unpaired) electrons. The molecule has 11 heteroatoms. The maximum Gasteiger partial charge on any atom is 0.327 e. The van der Waals surface area contributed by atoms with Crippen molar-refractivity contribution in [2.75, 3.05) is 11.4 Å². The maximum atomic E-state index is 14.2. The van der Waals surface area contributed by atoms with Crippen LogP contribution in [0.5, 0.6) is 5.75 Å². The zero-order chi connectivity index (χ0) is 22.7. The summed E-state index contributed by atoms with van der Waals surface area (Å²) in [6, 6.07) is 4.83. The fourth-order valence-corrected chi connectivity index (χ4v) is 3.71. The number of urea groups is 1. The summed E-state index contributed by atoms with van der Waals surface area (Å²) in [4.78, 5) is 37.1. The molecule has 0 atom stereocenters. The zero-order valence-corrected chi connectivity index (χ0v) is 16.9. The lowest BCUT2D eigenvalue weighted by Crippen LogP contribution is -2.40. The van der Waals surface area contributed by atoms with Gasteiger partial charge < -0.3 is 20.1 Å². The summed E-state index contributed by atoms with van der Waals surface area (Å²) in [5, 5.41) is 23.1. The molecule has 0 bridgehead atoms. The van der Waals surface area contributed by atoms with Crippen LogP contribution in [0, 0.1) is 11.6 Å². The van der Waals surface area contributed by atoms with Gasteiger partial charge in [0.1, 0.15) is 22.4 Å². The van der Waals surface area contributed by atoms with Crippen molar-refractivity contribution in [3.05, 3.63) is 63.9 Å². The number of carboxylic acids is 1. The Kier molecular flexibility index (Phi) is 6.35. The first-order valence-corrected chi connectivity index (χ1v) is 9.79. The Morgan fingerprint density at radius 2 is 1.97 bits per heavy atom. The lowest BCUT2D eigenvalue weighted by molar-refractivity contribution is -0.136. The van der Waals surface area contributed by atoms with Gasteiger partial charge in [0.05, 0.1) is 6.42 Å². The van der Waals surface area contributed by atoms with Gasteiger partial charge in [0, 0.05) is 36.8 Å². The van der Waals surface area contributed by atoms with Crippen LogP contribution in [0.25, 0.3) is 11.1 Å². The van der Waals surface area contributed by atoms with Crippen molar-refractivity contribution in [2.45, 2.75) is 6.42 Å². The third kappa shape index (κ3) is 4.72. The Bertz CT molecular complexity index is 1210. The first kappa shape index (κ1) is 22.0. The van der Waals surface area contributed by atoms with Crippen LogP contribution in [0.4, 0.5) is 24.3 Å². The first-order chi connectivity index (χ1) is 14.7. The van der Waals surface area contributed by atoms with Crippen molar-refractivity contribution in [2.24, 2.45) is 7.05 Å². The van der Waals surface area contributed by atoms with Gasteiger partial charge >= 0.3 is 12.0 Å². The molecule has 1 aromatic carbocycles. The van der Waals surface area contributed by atoms with Crippen molar-refractivity contribution < 1.29 is 28.6 Å². The van der Waals surface area contributed by atoms with Crippen LogP contribution in [0.2, 0.25) is 0 Å². The van der Waals surface area contributed by atoms with Crippen LogP contribution in [-0.4, -0.2) is 33.3 Å². The standard InChI is InChI=1S/C20H17F2N3O5S/c1-24-7-5-15(26)18(19(24)29)25(20(30)23-6-4-17(27)28)16-8-11(10-31-16)13-3-2-12(21)9-14(13)22/h2-3,5,7-10,26H,4,6H2,1H3,(H,23,30)(H,27,28). The molecule has 0 saturated heterocycles. The fourth-order valence-electron chi connectivity index (χ4n) is 2.79. The number of aryl methyl sites for hydroxylation is 1. The Balaban J connectivity index is 2.06. The number of carboxylic acid groups (broad SMARTS) is 1. The number of nitrogens with one attached hydrogen (secondary N) is 1. The number of hydrogen-bond acceptors (Lipinski definition) is 5. The van der Waals surface area contributed by atoms with E-state index in [1.54, 1.807) is 0 Å². The molecule has 162 valence electrons. The average Bonchev–Trinajstić information content (AvgIpc) is 3.17. The van der Waals surface area contributed by atoms with E-state index in [9.17, 15) is 28.3 Å². The lowest BCUT2D eigenvalue weighted by atomic mass is 10.1. The van der Waals surface area contributed by atoms with Gasteiger partial charge in [0.15, 0.2) is 5.69 Å². The van der Waals surface area contributed by atoms with Crippen molar-refractivity contribution >= 4 is 34.0 Å². The predicted octanol–water partition coefficient (Wildman–Crippen LogP) is 3.42. The lowest BCUT2D eigenvalue weighted by Gasteiger charge is -2.22. The van der Waals surface area contributed by atoms with Gasteiger partial charge in [-0.1, -0.05) is 0 Å². The SMILES string of the molecule is Cn1ccc(O)c(N(C(=O)NCCC(=O)O)c2cc(-c3ccc(F)cc3F)cs2)c1=O. The number of aliphatic carboxylic acids is 1. The van der Waals surface area contributed by atoms with E-state index >= 15 is 0 Å². The maximum absolute atomic E-state index is 14.2. The number of carbonyl (C=O) groups is 2. The molecule has 31 heavy (non-hydrogen) atoms. The Morgan fingerprint density at radius 3 is 2.65 bits per heavy atom. The third-order valence-electron chi connectivity index (χ3n) is 4.31. The summed E-state index contributed by atoms with van der Waals surface area (Å²) < 4.78 is 28.5. The van der Waals surface area contributed by atoms with Crippen LogP contribution in [0.3, 0.4) is 0 Å². The van der Waals surface area contributed by atoms with Crippen molar-refractivity contribution in [3.8, 4) is 16.9 Å². The molecule has 3 rings (SSSR count). The number of amides is 2. The Morgan fingerprint density at radius 1 is 1.23 bits per heavy atom. The topological polar surface area (TPSA) is 112 Å². The van der Waals surface area contributed by atoms with Crippen LogP contribution in [0.1, 0.15) is 6.42 Å². The number of thiophene rings is 1. The highest BCUT2D eigenvalue weighted by Gasteiger charge is 2.26. The van der Waals surface area contributed by atoms with E-state index in [0.717, 1.165) is 32.9 Å². The van der Waals surface area contributed by atoms with Gasteiger partial charge in [-0.3, -0.25) is 9.59 Å². The summed E-state index contributed by atoms with van der Waals surface area (Å²) in [6.45, 7) is -0.219. The van der Waals surface area contributed by atoms with Gasteiger partial charge in [-0.2, -0.15) is 0 Å². The number of carbonyl (C=O) groups excluding carboxylic acids is 1. The van der Waals surface area contributed by atoms with Crippen molar-refractivity contribution in [1.29, 1.82) is 0 Å². The molecule has 0 fully saturated rings. The van der Waals surface area contributed by atoms with Gasteiger partial charge in [-0.25, -0.2) is 18.5 Å². The second-order valence-corrected chi connectivity index (χ2v) is 7.36. The number of aromatic hydroxyl groups is 1. The number of anilines is 2. The molecule has 0 aliphatic rings. The number of benzene rings is 1. The second kappa shape index (κ2) is 8.96. The van der Waals surface area contributed by atoms with E-state index in [1.165, 1.54) is 36.8 Å². The van der Waals surface area contributed by atoms with Gasteiger partial charge in [-0.05, 0) is 29.8 Å². The van der Waals surface area contributed by atoms with Crippen LogP contribution >= 0.6 is 11.3 Å². The van der Waals surface area contributed by atoms with E-state index in [-0.39, 0.29) is 29.2 Å². The molecule has 8 nitrogen and oxygen atoms in total. The Labute approximate surface area is 178 Å². The minimum absolute atomic E-state index is 0.0836. The van der Waals surface area contributed by atoms with Crippen LogP contribution in [0.15, 0.2) is 46.7 Å². The average molecular weight is 449 g/mol. The fraction of sp³-hybridized carbons (Fsp3) is 0.150. The monoisotopic (exact) mass is 449 g/mol. The minimum Gasteiger partial charge on any atom is -0.505 e. The van der Waals surface area contributed by atoms with E-state index in [2.05, 4.69) is 5.32 Å². The number of hydrogen-bond donors (Lipinski definition) is 3. The first-order valence-electron chi connectivity index (χ1n) is 8.91. The third-order valence-corrected chi connectivity index (χ3v) is 5.23.